The van der Waals surface area contributed by atoms with Gasteiger partial charge in [0.05, 0.1) is 11.2 Å². The molecule has 3 N–H and O–H groups in total. The number of anilines is 3. The first-order chi connectivity index (χ1) is 13.2. The lowest BCUT2D eigenvalue weighted by Gasteiger charge is -2.22. The van der Waals surface area contributed by atoms with Crippen LogP contribution in [0.2, 0.25) is 5.02 Å². The number of nitrogens with zero attached hydrogens (tertiary/aromatic N) is 4. The van der Waals surface area contributed by atoms with E-state index in [0.717, 1.165) is 19.6 Å². The van der Waals surface area contributed by atoms with Crippen LogP contribution >= 0.6 is 11.6 Å². The van der Waals surface area contributed by atoms with E-state index in [0.29, 0.717) is 34.4 Å². The first-order valence-corrected chi connectivity index (χ1v) is 9.21. The van der Waals surface area contributed by atoms with Crippen molar-refractivity contribution in [3.8, 4) is 0 Å². The zero-order valence-corrected chi connectivity index (χ0v) is 15.3. The molecule has 0 saturated carbocycles. The van der Waals surface area contributed by atoms with Crippen LogP contribution in [0, 0.1) is 11.7 Å². The van der Waals surface area contributed by atoms with E-state index in [-0.39, 0.29) is 5.02 Å². The Balaban J connectivity index is 1.56. The lowest BCUT2D eigenvalue weighted by atomic mass is 10.00. The van der Waals surface area contributed by atoms with E-state index in [1.807, 2.05) is 0 Å². The van der Waals surface area contributed by atoms with E-state index in [4.69, 9.17) is 11.6 Å². The van der Waals surface area contributed by atoms with Gasteiger partial charge in [-0.2, -0.15) is 0 Å². The number of rotatable bonds is 5. The molecule has 1 saturated heterocycles. The van der Waals surface area contributed by atoms with E-state index < -0.39 is 5.82 Å². The van der Waals surface area contributed by atoms with Gasteiger partial charge in [-0.1, -0.05) is 11.6 Å². The second-order valence-electron chi connectivity index (χ2n) is 6.50. The molecule has 140 valence electrons. The molecule has 9 heteroatoms. The van der Waals surface area contributed by atoms with Gasteiger partial charge in [-0.3, -0.25) is 0 Å². The van der Waals surface area contributed by atoms with Crippen LogP contribution < -0.4 is 16.0 Å². The van der Waals surface area contributed by atoms with Gasteiger partial charge in [0.2, 0.25) is 5.95 Å². The summed E-state index contributed by atoms with van der Waals surface area (Å²) in [4.78, 5) is 17.4. The van der Waals surface area contributed by atoms with Crippen LogP contribution in [-0.2, 0) is 0 Å². The molecule has 0 spiro atoms. The fourth-order valence-corrected chi connectivity index (χ4v) is 3.26. The van der Waals surface area contributed by atoms with Crippen molar-refractivity contribution in [2.24, 2.45) is 5.92 Å². The molecule has 0 amide bonds. The SMILES string of the molecule is Fc1ccc(Nc2ncnc3cnc(NCC4CCCNC4)nc23)cc1Cl. The summed E-state index contributed by atoms with van der Waals surface area (Å²) >= 11 is 5.85. The summed E-state index contributed by atoms with van der Waals surface area (Å²) in [5.41, 5.74) is 1.81. The standard InChI is InChI=1S/C18H19ClFN7/c19-13-6-12(3-4-14(13)20)26-17-16-15(24-10-25-17)9-23-18(27-16)22-8-11-2-1-5-21-7-11/h3-4,6,9-11,21H,1-2,5,7-8H2,(H,22,23,27)(H,24,25,26). The third kappa shape index (κ3) is 4.23. The Bertz CT molecular complexity index is 946. The molecule has 0 aliphatic carbocycles. The van der Waals surface area contributed by atoms with Crippen LogP contribution in [0.15, 0.2) is 30.7 Å². The lowest BCUT2D eigenvalue weighted by molar-refractivity contribution is 0.392. The monoisotopic (exact) mass is 387 g/mol. The highest BCUT2D eigenvalue weighted by Gasteiger charge is 2.14. The molecular formula is C18H19ClFN7. The molecule has 0 radical (unpaired) electrons. The van der Waals surface area contributed by atoms with Crippen molar-refractivity contribution in [1.82, 2.24) is 25.3 Å². The maximum atomic E-state index is 13.4. The fraction of sp³-hybridized carbons (Fsp3) is 0.333. The minimum Gasteiger partial charge on any atom is -0.354 e. The molecule has 1 aliphatic rings. The molecule has 2 aromatic heterocycles. The van der Waals surface area contributed by atoms with Crippen molar-refractivity contribution >= 4 is 40.1 Å². The largest absolute Gasteiger partial charge is 0.354 e. The number of piperidine rings is 1. The fourth-order valence-electron chi connectivity index (χ4n) is 3.08. The van der Waals surface area contributed by atoms with Crippen LogP contribution in [0.1, 0.15) is 12.8 Å². The second-order valence-corrected chi connectivity index (χ2v) is 6.90. The number of benzene rings is 1. The zero-order valence-electron chi connectivity index (χ0n) is 14.5. The van der Waals surface area contributed by atoms with Crippen molar-refractivity contribution < 1.29 is 4.39 Å². The number of nitrogens with one attached hydrogen (secondary N) is 3. The van der Waals surface area contributed by atoms with E-state index in [9.17, 15) is 4.39 Å². The first kappa shape index (κ1) is 17.8. The first-order valence-electron chi connectivity index (χ1n) is 8.83. The van der Waals surface area contributed by atoms with Gasteiger partial charge in [-0.05, 0) is 50.0 Å². The van der Waals surface area contributed by atoms with E-state index in [2.05, 4.69) is 35.9 Å². The Labute approximate surface area is 160 Å². The normalized spacial score (nSPS) is 17.0. The van der Waals surface area contributed by atoms with Crippen molar-refractivity contribution in [3.05, 3.63) is 41.6 Å². The van der Waals surface area contributed by atoms with Gasteiger partial charge >= 0.3 is 0 Å². The Morgan fingerprint density at radius 2 is 2.19 bits per heavy atom. The summed E-state index contributed by atoms with van der Waals surface area (Å²) < 4.78 is 13.4. The smallest absolute Gasteiger partial charge is 0.223 e. The van der Waals surface area contributed by atoms with E-state index in [1.54, 1.807) is 12.3 Å². The Hall–Kier alpha value is -2.58. The maximum absolute atomic E-state index is 13.4. The van der Waals surface area contributed by atoms with Gasteiger partial charge in [0.1, 0.15) is 23.2 Å². The maximum Gasteiger partial charge on any atom is 0.223 e. The molecule has 1 atom stereocenters. The second kappa shape index (κ2) is 7.98. The van der Waals surface area contributed by atoms with Crippen molar-refractivity contribution in [1.29, 1.82) is 0 Å². The van der Waals surface area contributed by atoms with Crippen molar-refractivity contribution in [2.45, 2.75) is 12.8 Å². The summed E-state index contributed by atoms with van der Waals surface area (Å²) in [6, 6.07) is 4.39. The summed E-state index contributed by atoms with van der Waals surface area (Å²) in [6.45, 7) is 2.90. The molecule has 1 aromatic carbocycles. The summed E-state index contributed by atoms with van der Waals surface area (Å²) in [5.74, 6) is 1.13. The number of hydrogen-bond donors (Lipinski definition) is 3. The van der Waals surface area contributed by atoms with Crippen molar-refractivity contribution in [3.63, 3.8) is 0 Å². The molecule has 3 aromatic rings. The Kier molecular flexibility index (Phi) is 5.26. The molecule has 27 heavy (non-hydrogen) atoms. The molecule has 1 aliphatic heterocycles. The third-order valence-corrected chi connectivity index (χ3v) is 4.80. The zero-order chi connectivity index (χ0) is 18.6. The highest BCUT2D eigenvalue weighted by atomic mass is 35.5. The van der Waals surface area contributed by atoms with Gasteiger partial charge in [0, 0.05) is 12.2 Å². The Morgan fingerprint density at radius 3 is 3.00 bits per heavy atom. The molecule has 4 rings (SSSR count). The number of halogens is 2. The lowest BCUT2D eigenvalue weighted by Crippen LogP contribution is -2.33. The minimum atomic E-state index is -0.472. The van der Waals surface area contributed by atoms with Crippen LogP contribution in [0.5, 0.6) is 0 Å². The average Bonchev–Trinajstić information content (AvgIpc) is 2.70. The Morgan fingerprint density at radius 1 is 1.26 bits per heavy atom. The number of fused-ring (bicyclic) bond motifs is 1. The van der Waals surface area contributed by atoms with Crippen LogP contribution in [0.4, 0.5) is 21.8 Å². The average molecular weight is 388 g/mol. The highest BCUT2D eigenvalue weighted by molar-refractivity contribution is 6.31. The quantitative estimate of drug-likeness (QED) is 0.618. The molecule has 7 nitrogen and oxygen atoms in total. The number of hydrogen-bond acceptors (Lipinski definition) is 7. The van der Waals surface area contributed by atoms with E-state index in [1.165, 1.54) is 31.3 Å². The summed E-state index contributed by atoms with van der Waals surface area (Å²) in [5, 5.41) is 9.85. The summed E-state index contributed by atoms with van der Waals surface area (Å²) in [7, 11) is 0. The number of aromatic nitrogens is 4. The molecular weight excluding hydrogens is 369 g/mol. The topological polar surface area (TPSA) is 87.7 Å². The van der Waals surface area contributed by atoms with Gasteiger partial charge in [-0.25, -0.2) is 24.3 Å². The predicted molar refractivity (Wildman–Crippen MR) is 104 cm³/mol. The van der Waals surface area contributed by atoms with Gasteiger partial charge in [0.15, 0.2) is 5.82 Å². The van der Waals surface area contributed by atoms with Crippen molar-refractivity contribution in [2.75, 3.05) is 30.3 Å². The molecule has 1 fully saturated rings. The predicted octanol–water partition coefficient (Wildman–Crippen LogP) is 3.37. The minimum absolute atomic E-state index is 0.0384. The third-order valence-electron chi connectivity index (χ3n) is 4.51. The molecule has 0 bridgehead atoms. The molecule has 1 unspecified atom stereocenters. The van der Waals surface area contributed by atoms with Crippen LogP contribution in [0.25, 0.3) is 11.0 Å². The van der Waals surface area contributed by atoms with E-state index >= 15 is 0 Å². The van der Waals surface area contributed by atoms with Gasteiger partial charge < -0.3 is 16.0 Å². The van der Waals surface area contributed by atoms with Crippen LogP contribution in [0.3, 0.4) is 0 Å². The van der Waals surface area contributed by atoms with Crippen LogP contribution in [-0.4, -0.2) is 39.6 Å². The molecule has 3 heterocycles. The highest BCUT2D eigenvalue weighted by Crippen LogP contribution is 2.25. The van der Waals surface area contributed by atoms with Gasteiger partial charge in [0.25, 0.3) is 0 Å². The van der Waals surface area contributed by atoms with Gasteiger partial charge in [-0.15, -0.1) is 0 Å². The summed E-state index contributed by atoms with van der Waals surface area (Å²) in [6.07, 6.45) is 5.47.